The van der Waals surface area contributed by atoms with E-state index in [1.165, 1.54) is 0 Å². The molecule has 1 aliphatic rings. The topological polar surface area (TPSA) is 75.5 Å². The average Bonchev–Trinajstić information content (AvgIpc) is 3.13. The van der Waals surface area contributed by atoms with Crippen molar-refractivity contribution in [2.24, 2.45) is 5.10 Å². The molecule has 8 heteroatoms. The maximum atomic E-state index is 5.46. The maximum absolute atomic E-state index is 5.46. The number of ether oxygens (including phenoxy) is 1. The van der Waals surface area contributed by atoms with Gasteiger partial charge in [0, 0.05) is 30.0 Å². The van der Waals surface area contributed by atoms with Crippen LogP contribution in [0.15, 0.2) is 41.5 Å². The number of benzene rings is 1. The van der Waals surface area contributed by atoms with Crippen LogP contribution in [0, 0.1) is 13.8 Å². The number of aryl methyl sites for hydroxylation is 2. The van der Waals surface area contributed by atoms with Crippen molar-refractivity contribution in [2.45, 2.75) is 13.8 Å². The Balaban J connectivity index is 1.61. The van der Waals surface area contributed by atoms with E-state index in [0.717, 1.165) is 59.0 Å². The van der Waals surface area contributed by atoms with Crippen LogP contribution >= 0.6 is 11.3 Å². The van der Waals surface area contributed by atoms with E-state index in [4.69, 9.17) is 9.72 Å². The standard InChI is InChI=1S/C20H22N6OS/c1-14-12-15(2)23-19(22-14)25-21-13-17-18(16-6-4-3-5-7-16)24-20(28-17)26-8-10-27-11-9-26/h3-7,12-13H,8-11H2,1-2H3,(H,22,23,25). The third-order valence-electron chi connectivity index (χ3n) is 4.30. The minimum absolute atomic E-state index is 0.493. The Morgan fingerprint density at radius 2 is 1.79 bits per heavy atom. The summed E-state index contributed by atoms with van der Waals surface area (Å²) in [5.74, 6) is 0.493. The van der Waals surface area contributed by atoms with Crippen LogP contribution in [0.25, 0.3) is 11.3 Å². The summed E-state index contributed by atoms with van der Waals surface area (Å²) in [6.07, 6.45) is 1.80. The quantitative estimate of drug-likeness (QED) is 0.527. The SMILES string of the molecule is Cc1cc(C)nc(NN=Cc2sc(N3CCOCC3)nc2-c2ccccc2)n1. The maximum Gasteiger partial charge on any atom is 0.243 e. The average molecular weight is 395 g/mol. The van der Waals surface area contributed by atoms with Gasteiger partial charge in [0.25, 0.3) is 0 Å². The van der Waals surface area contributed by atoms with E-state index in [0.29, 0.717) is 5.95 Å². The predicted octanol–water partition coefficient (Wildman–Crippen LogP) is 3.50. The van der Waals surface area contributed by atoms with Crippen molar-refractivity contribution in [1.82, 2.24) is 15.0 Å². The number of aromatic nitrogens is 3. The molecule has 0 bridgehead atoms. The largest absolute Gasteiger partial charge is 0.378 e. The first-order valence-corrected chi connectivity index (χ1v) is 10.0. The molecule has 1 fully saturated rings. The first kappa shape index (κ1) is 18.5. The van der Waals surface area contributed by atoms with Crippen molar-refractivity contribution < 1.29 is 4.74 Å². The van der Waals surface area contributed by atoms with Crippen molar-refractivity contribution in [1.29, 1.82) is 0 Å². The van der Waals surface area contributed by atoms with Crippen LogP contribution in [0.4, 0.5) is 11.1 Å². The Hall–Kier alpha value is -2.84. The molecule has 28 heavy (non-hydrogen) atoms. The first-order chi connectivity index (χ1) is 13.7. The lowest BCUT2D eigenvalue weighted by Gasteiger charge is -2.26. The smallest absolute Gasteiger partial charge is 0.243 e. The lowest BCUT2D eigenvalue weighted by atomic mass is 10.1. The van der Waals surface area contributed by atoms with Crippen LogP contribution in [-0.2, 0) is 4.74 Å². The number of nitrogens with one attached hydrogen (secondary N) is 1. The summed E-state index contributed by atoms with van der Waals surface area (Å²) in [6, 6.07) is 12.1. The Bertz CT molecular complexity index is 946. The van der Waals surface area contributed by atoms with Crippen LogP contribution in [-0.4, -0.2) is 47.5 Å². The van der Waals surface area contributed by atoms with Crippen LogP contribution in [0.1, 0.15) is 16.3 Å². The van der Waals surface area contributed by atoms with Crippen LogP contribution in [0.2, 0.25) is 0 Å². The Labute approximate surface area is 168 Å². The molecule has 0 radical (unpaired) electrons. The van der Waals surface area contributed by atoms with E-state index in [1.54, 1.807) is 17.6 Å². The monoisotopic (exact) mass is 394 g/mol. The zero-order chi connectivity index (χ0) is 19.3. The highest BCUT2D eigenvalue weighted by Crippen LogP contribution is 2.32. The summed E-state index contributed by atoms with van der Waals surface area (Å²) in [7, 11) is 0. The van der Waals surface area contributed by atoms with E-state index in [2.05, 4.69) is 37.5 Å². The van der Waals surface area contributed by atoms with E-state index < -0.39 is 0 Å². The van der Waals surface area contributed by atoms with Crippen molar-refractivity contribution in [3.63, 3.8) is 0 Å². The van der Waals surface area contributed by atoms with Crippen molar-refractivity contribution in [3.05, 3.63) is 52.7 Å². The first-order valence-electron chi connectivity index (χ1n) is 9.19. The molecule has 144 valence electrons. The zero-order valence-corrected chi connectivity index (χ0v) is 16.7. The molecule has 0 atom stereocenters. The summed E-state index contributed by atoms with van der Waals surface area (Å²) in [6.45, 7) is 7.05. The molecule has 0 aliphatic carbocycles. The molecule has 0 spiro atoms. The molecule has 0 amide bonds. The summed E-state index contributed by atoms with van der Waals surface area (Å²) in [4.78, 5) is 16.9. The second-order valence-electron chi connectivity index (χ2n) is 6.52. The summed E-state index contributed by atoms with van der Waals surface area (Å²) < 4.78 is 5.46. The van der Waals surface area contributed by atoms with Gasteiger partial charge in [-0.2, -0.15) is 5.10 Å². The second-order valence-corrected chi connectivity index (χ2v) is 7.53. The number of thiazole rings is 1. The number of hydrogen-bond acceptors (Lipinski definition) is 8. The van der Waals surface area contributed by atoms with Gasteiger partial charge in [-0.25, -0.2) is 20.4 Å². The Morgan fingerprint density at radius 1 is 1.07 bits per heavy atom. The molecule has 2 aromatic heterocycles. The van der Waals surface area contributed by atoms with Gasteiger partial charge in [0.15, 0.2) is 5.13 Å². The molecule has 3 heterocycles. The van der Waals surface area contributed by atoms with Gasteiger partial charge in [-0.1, -0.05) is 41.7 Å². The number of rotatable bonds is 5. The summed E-state index contributed by atoms with van der Waals surface area (Å²) in [5.41, 5.74) is 6.75. The fourth-order valence-corrected chi connectivity index (χ4v) is 4.04. The van der Waals surface area contributed by atoms with Crippen LogP contribution in [0.5, 0.6) is 0 Å². The Morgan fingerprint density at radius 3 is 2.50 bits per heavy atom. The lowest BCUT2D eigenvalue weighted by molar-refractivity contribution is 0.122. The summed E-state index contributed by atoms with van der Waals surface area (Å²) in [5, 5.41) is 5.36. The zero-order valence-electron chi connectivity index (χ0n) is 15.9. The highest BCUT2D eigenvalue weighted by atomic mass is 32.1. The Kier molecular flexibility index (Phi) is 5.59. The number of nitrogens with zero attached hydrogens (tertiary/aromatic N) is 5. The van der Waals surface area contributed by atoms with Gasteiger partial charge in [0.1, 0.15) is 0 Å². The van der Waals surface area contributed by atoms with E-state index in [9.17, 15) is 0 Å². The number of anilines is 2. The lowest BCUT2D eigenvalue weighted by Crippen LogP contribution is -2.36. The molecule has 1 aromatic carbocycles. The molecule has 1 saturated heterocycles. The van der Waals surface area contributed by atoms with Crippen molar-refractivity contribution >= 4 is 28.6 Å². The highest BCUT2D eigenvalue weighted by Gasteiger charge is 2.18. The van der Waals surface area contributed by atoms with Gasteiger partial charge < -0.3 is 9.64 Å². The van der Waals surface area contributed by atoms with Gasteiger partial charge in [0.05, 0.1) is 30.0 Å². The summed E-state index contributed by atoms with van der Waals surface area (Å²) >= 11 is 1.63. The molecule has 0 unspecified atom stereocenters. The molecule has 7 nitrogen and oxygen atoms in total. The number of hydrazone groups is 1. The third kappa shape index (κ3) is 4.35. The molecule has 0 saturated carbocycles. The molecular formula is C20H22N6OS. The highest BCUT2D eigenvalue weighted by molar-refractivity contribution is 7.17. The van der Waals surface area contributed by atoms with E-state index >= 15 is 0 Å². The molecule has 4 rings (SSSR count). The minimum atomic E-state index is 0.493. The van der Waals surface area contributed by atoms with Gasteiger partial charge in [-0.3, -0.25) is 0 Å². The number of morpholine rings is 1. The van der Waals surface area contributed by atoms with Crippen LogP contribution < -0.4 is 10.3 Å². The second kappa shape index (κ2) is 8.45. The van der Waals surface area contributed by atoms with Gasteiger partial charge in [-0.05, 0) is 19.9 Å². The van der Waals surface area contributed by atoms with Crippen molar-refractivity contribution in [3.8, 4) is 11.3 Å². The van der Waals surface area contributed by atoms with Crippen molar-refractivity contribution in [2.75, 3.05) is 36.6 Å². The predicted molar refractivity (Wildman–Crippen MR) is 113 cm³/mol. The fraction of sp³-hybridized carbons (Fsp3) is 0.300. The van der Waals surface area contributed by atoms with E-state index in [-0.39, 0.29) is 0 Å². The van der Waals surface area contributed by atoms with Gasteiger partial charge in [0.2, 0.25) is 5.95 Å². The van der Waals surface area contributed by atoms with Gasteiger partial charge in [-0.15, -0.1) is 0 Å². The number of hydrogen-bond donors (Lipinski definition) is 1. The normalized spacial score (nSPS) is 14.6. The van der Waals surface area contributed by atoms with Gasteiger partial charge >= 0.3 is 0 Å². The van der Waals surface area contributed by atoms with E-state index in [1.807, 2.05) is 38.1 Å². The van der Waals surface area contributed by atoms with Crippen LogP contribution in [0.3, 0.4) is 0 Å². The third-order valence-corrected chi connectivity index (χ3v) is 5.35. The molecule has 1 N–H and O–H groups in total. The molecule has 3 aromatic rings. The molecule has 1 aliphatic heterocycles. The fourth-order valence-electron chi connectivity index (χ4n) is 3.03. The molecular weight excluding hydrogens is 372 g/mol. The minimum Gasteiger partial charge on any atom is -0.378 e.